The van der Waals surface area contributed by atoms with E-state index in [1.807, 2.05) is 0 Å². The molecule has 0 spiro atoms. The SMILES string of the molecule is C=C(c1ccc(C)cc1)C(C)C1CC1. The van der Waals surface area contributed by atoms with Gasteiger partial charge in [0.25, 0.3) is 0 Å². The van der Waals surface area contributed by atoms with E-state index in [4.69, 9.17) is 0 Å². The first-order chi connectivity index (χ1) is 6.68. The molecule has 74 valence electrons. The lowest BCUT2D eigenvalue weighted by Crippen LogP contribution is -1.99. The van der Waals surface area contributed by atoms with Gasteiger partial charge in [0.05, 0.1) is 0 Å². The smallest absolute Gasteiger partial charge is 0.0162 e. The Kier molecular flexibility index (Phi) is 2.45. The minimum atomic E-state index is 0.665. The molecule has 0 nitrogen and oxygen atoms in total. The Morgan fingerprint density at radius 2 is 1.86 bits per heavy atom. The van der Waals surface area contributed by atoms with Crippen molar-refractivity contribution in [2.75, 3.05) is 0 Å². The van der Waals surface area contributed by atoms with Crippen LogP contribution in [-0.4, -0.2) is 0 Å². The number of hydrogen-bond donors (Lipinski definition) is 0. The van der Waals surface area contributed by atoms with E-state index in [1.54, 1.807) is 0 Å². The molecular formula is C14H18. The fraction of sp³-hybridized carbons (Fsp3) is 0.429. The summed E-state index contributed by atoms with van der Waals surface area (Å²) in [6.07, 6.45) is 2.79. The van der Waals surface area contributed by atoms with Gasteiger partial charge in [0.2, 0.25) is 0 Å². The van der Waals surface area contributed by atoms with Crippen molar-refractivity contribution < 1.29 is 0 Å². The van der Waals surface area contributed by atoms with E-state index in [1.165, 1.54) is 29.5 Å². The van der Waals surface area contributed by atoms with Gasteiger partial charge in [-0.25, -0.2) is 0 Å². The van der Waals surface area contributed by atoms with Crippen LogP contribution < -0.4 is 0 Å². The molecule has 1 unspecified atom stereocenters. The average molecular weight is 186 g/mol. The van der Waals surface area contributed by atoms with E-state index in [2.05, 4.69) is 44.7 Å². The Morgan fingerprint density at radius 3 is 2.36 bits per heavy atom. The molecule has 0 amide bonds. The van der Waals surface area contributed by atoms with Crippen LogP contribution in [0.15, 0.2) is 30.8 Å². The maximum Gasteiger partial charge on any atom is -0.0162 e. The molecule has 1 atom stereocenters. The highest BCUT2D eigenvalue weighted by Crippen LogP contribution is 2.42. The summed E-state index contributed by atoms with van der Waals surface area (Å²) in [5.41, 5.74) is 3.95. The third-order valence-corrected chi connectivity index (χ3v) is 3.30. The van der Waals surface area contributed by atoms with Crippen molar-refractivity contribution in [3.05, 3.63) is 42.0 Å². The van der Waals surface area contributed by atoms with Crippen molar-refractivity contribution in [1.29, 1.82) is 0 Å². The second-order valence-electron chi connectivity index (χ2n) is 4.52. The number of benzene rings is 1. The molecule has 0 radical (unpaired) electrons. The Morgan fingerprint density at radius 1 is 1.29 bits per heavy atom. The van der Waals surface area contributed by atoms with Crippen LogP contribution in [0.4, 0.5) is 0 Å². The molecular weight excluding hydrogens is 168 g/mol. The third-order valence-electron chi connectivity index (χ3n) is 3.30. The molecule has 0 heterocycles. The van der Waals surface area contributed by atoms with Crippen molar-refractivity contribution >= 4 is 5.57 Å². The van der Waals surface area contributed by atoms with Crippen LogP contribution in [0.25, 0.3) is 5.57 Å². The third kappa shape index (κ3) is 1.89. The van der Waals surface area contributed by atoms with E-state index in [0.717, 1.165) is 5.92 Å². The van der Waals surface area contributed by atoms with Crippen molar-refractivity contribution in [3.63, 3.8) is 0 Å². The largest absolute Gasteiger partial charge is 0.0950 e. The Labute approximate surface area is 86.7 Å². The fourth-order valence-electron chi connectivity index (χ4n) is 1.91. The van der Waals surface area contributed by atoms with Crippen molar-refractivity contribution in [3.8, 4) is 0 Å². The van der Waals surface area contributed by atoms with Crippen LogP contribution >= 0.6 is 0 Å². The molecule has 14 heavy (non-hydrogen) atoms. The summed E-state index contributed by atoms with van der Waals surface area (Å²) in [6.45, 7) is 8.64. The summed E-state index contributed by atoms with van der Waals surface area (Å²) in [7, 11) is 0. The van der Waals surface area contributed by atoms with Gasteiger partial charge in [0, 0.05) is 0 Å². The summed E-state index contributed by atoms with van der Waals surface area (Å²) in [5.74, 6) is 1.57. The standard InChI is InChI=1S/C14H18/c1-10-4-6-13(7-5-10)11(2)12(3)14-8-9-14/h4-7,12,14H,2,8-9H2,1,3H3. The molecule has 0 N–H and O–H groups in total. The Bertz CT molecular complexity index is 328. The van der Waals surface area contributed by atoms with Gasteiger partial charge >= 0.3 is 0 Å². The van der Waals surface area contributed by atoms with E-state index >= 15 is 0 Å². The topological polar surface area (TPSA) is 0 Å². The number of allylic oxidation sites excluding steroid dienone is 1. The van der Waals surface area contributed by atoms with Gasteiger partial charge in [-0.3, -0.25) is 0 Å². The van der Waals surface area contributed by atoms with Gasteiger partial charge in [-0.2, -0.15) is 0 Å². The molecule has 0 aromatic heterocycles. The van der Waals surface area contributed by atoms with Crippen molar-refractivity contribution in [1.82, 2.24) is 0 Å². The van der Waals surface area contributed by atoms with Crippen molar-refractivity contribution in [2.45, 2.75) is 26.7 Å². The molecule has 0 aliphatic heterocycles. The first-order valence-electron chi connectivity index (χ1n) is 5.44. The molecule has 1 aliphatic carbocycles. The molecule has 1 aliphatic rings. The van der Waals surface area contributed by atoms with Gasteiger partial charge in [0.15, 0.2) is 0 Å². The zero-order chi connectivity index (χ0) is 10.1. The predicted molar refractivity (Wildman–Crippen MR) is 62.1 cm³/mol. The summed E-state index contributed by atoms with van der Waals surface area (Å²) in [6, 6.07) is 8.72. The predicted octanol–water partition coefficient (Wildman–Crippen LogP) is 4.05. The second-order valence-corrected chi connectivity index (χ2v) is 4.52. The minimum absolute atomic E-state index is 0.665. The summed E-state index contributed by atoms with van der Waals surface area (Å²) in [4.78, 5) is 0. The van der Waals surface area contributed by atoms with E-state index in [-0.39, 0.29) is 0 Å². The lowest BCUT2D eigenvalue weighted by molar-refractivity contribution is 0.647. The maximum absolute atomic E-state index is 4.22. The zero-order valence-corrected chi connectivity index (χ0v) is 9.09. The molecule has 0 bridgehead atoms. The van der Waals surface area contributed by atoms with Crippen LogP contribution in [0.1, 0.15) is 30.9 Å². The second kappa shape index (κ2) is 3.61. The highest BCUT2D eigenvalue weighted by molar-refractivity contribution is 5.65. The molecule has 0 heteroatoms. The van der Waals surface area contributed by atoms with Crippen LogP contribution in [0.5, 0.6) is 0 Å². The minimum Gasteiger partial charge on any atom is -0.0950 e. The molecule has 2 rings (SSSR count). The monoisotopic (exact) mass is 186 g/mol. The molecule has 1 aromatic carbocycles. The Hall–Kier alpha value is -1.04. The summed E-state index contributed by atoms with van der Waals surface area (Å²) < 4.78 is 0. The Balaban J connectivity index is 2.13. The summed E-state index contributed by atoms with van der Waals surface area (Å²) >= 11 is 0. The highest BCUT2D eigenvalue weighted by Gasteiger charge is 2.29. The van der Waals surface area contributed by atoms with E-state index < -0.39 is 0 Å². The first-order valence-corrected chi connectivity index (χ1v) is 5.44. The maximum atomic E-state index is 4.22. The lowest BCUT2D eigenvalue weighted by Gasteiger charge is -2.14. The molecule has 0 saturated heterocycles. The molecule has 1 fully saturated rings. The average Bonchev–Trinajstić information content (AvgIpc) is 3.00. The quantitative estimate of drug-likeness (QED) is 0.668. The van der Waals surface area contributed by atoms with Crippen molar-refractivity contribution in [2.24, 2.45) is 11.8 Å². The normalized spacial score (nSPS) is 17.9. The van der Waals surface area contributed by atoms with Crippen LogP contribution in [0, 0.1) is 18.8 Å². The zero-order valence-electron chi connectivity index (χ0n) is 9.09. The first kappa shape index (κ1) is 9.51. The molecule has 1 saturated carbocycles. The fourth-order valence-corrected chi connectivity index (χ4v) is 1.91. The van der Waals surface area contributed by atoms with Gasteiger partial charge in [-0.1, -0.05) is 43.3 Å². The van der Waals surface area contributed by atoms with Gasteiger partial charge in [-0.05, 0) is 42.7 Å². The van der Waals surface area contributed by atoms with Gasteiger partial charge in [-0.15, -0.1) is 0 Å². The number of rotatable bonds is 3. The van der Waals surface area contributed by atoms with Crippen LogP contribution in [0.3, 0.4) is 0 Å². The summed E-state index contributed by atoms with van der Waals surface area (Å²) in [5, 5.41) is 0. The van der Waals surface area contributed by atoms with Gasteiger partial charge < -0.3 is 0 Å². The highest BCUT2D eigenvalue weighted by atomic mass is 14.3. The van der Waals surface area contributed by atoms with Crippen LogP contribution in [-0.2, 0) is 0 Å². The lowest BCUT2D eigenvalue weighted by atomic mass is 9.91. The van der Waals surface area contributed by atoms with Crippen LogP contribution in [0.2, 0.25) is 0 Å². The molecule has 1 aromatic rings. The van der Waals surface area contributed by atoms with E-state index in [9.17, 15) is 0 Å². The van der Waals surface area contributed by atoms with E-state index in [0.29, 0.717) is 5.92 Å². The van der Waals surface area contributed by atoms with Gasteiger partial charge in [0.1, 0.15) is 0 Å². The number of hydrogen-bond acceptors (Lipinski definition) is 0. The number of aryl methyl sites for hydroxylation is 1.